The predicted molar refractivity (Wildman–Crippen MR) is 81.6 cm³/mol. The summed E-state index contributed by atoms with van der Waals surface area (Å²) in [7, 11) is 3.25. The van der Waals surface area contributed by atoms with Crippen molar-refractivity contribution >= 4 is 5.65 Å². The van der Waals surface area contributed by atoms with Gasteiger partial charge >= 0.3 is 0 Å². The van der Waals surface area contributed by atoms with Crippen LogP contribution in [0.1, 0.15) is 5.56 Å². The molecule has 1 aromatic carbocycles. The highest BCUT2D eigenvalue weighted by atomic mass is 16.5. The van der Waals surface area contributed by atoms with Gasteiger partial charge in [0.2, 0.25) is 0 Å². The van der Waals surface area contributed by atoms with E-state index in [1.807, 2.05) is 40.9 Å². The maximum Gasteiger partial charge on any atom is 0.161 e. The van der Waals surface area contributed by atoms with E-state index in [0.29, 0.717) is 18.0 Å². The van der Waals surface area contributed by atoms with Gasteiger partial charge in [0.15, 0.2) is 11.5 Å². The average Bonchev–Trinajstić information content (AvgIpc) is 3.02. The summed E-state index contributed by atoms with van der Waals surface area (Å²) >= 11 is 0. The molecule has 0 saturated heterocycles. The van der Waals surface area contributed by atoms with Gasteiger partial charge in [0.05, 0.1) is 19.9 Å². The summed E-state index contributed by atoms with van der Waals surface area (Å²) in [5, 5.41) is 0. The van der Waals surface area contributed by atoms with E-state index in [2.05, 4.69) is 4.98 Å². The lowest BCUT2D eigenvalue weighted by Gasteiger charge is -2.15. The zero-order chi connectivity index (χ0) is 14.8. The van der Waals surface area contributed by atoms with Gasteiger partial charge in [-0.2, -0.15) is 0 Å². The third-order valence-electron chi connectivity index (χ3n) is 3.53. The van der Waals surface area contributed by atoms with E-state index >= 15 is 0 Å². The summed E-state index contributed by atoms with van der Waals surface area (Å²) in [6.45, 7) is 0.417. The normalized spacial score (nSPS) is 10.8. The van der Waals surface area contributed by atoms with Gasteiger partial charge in [0.1, 0.15) is 5.65 Å². The topological polar surface area (TPSA) is 61.8 Å². The van der Waals surface area contributed by atoms with Crippen molar-refractivity contribution in [2.45, 2.75) is 6.54 Å². The molecule has 5 nitrogen and oxygen atoms in total. The summed E-state index contributed by atoms with van der Waals surface area (Å²) in [6, 6.07) is 9.86. The fourth-order valence-corrected chi connectivity index (χ4v) is 2.50. The minimum atomic E-state index is 0.417. The van der Waals surface area contributed by atoms with Crippen LogP contribution in [0.25, 0.3) is 16.9 Å². The van der Waals surface area contributed by atoms with Crippen molar-refractivity contribution in [2.75, 3.05) is 14.2 Å². The first-order valence-electron chi connectivity index (χ1n) is 6.66. The highest BCUT2D eigenvalue weighted by Crippen LogP contribution is 2.35. The molecule has 2 heterocycles. The Morgan fingerprint density at radius 3 is 2.62 bits per heavy atom. The van der Waals surface area contributed by atoms with Crippen LogP contribution < -0.4 is 15.2 Å². The standard InChI is InChI=1S/C16H17N3O2/c1-20-14-8-11(10-17)12(9-15(14)21-2)13-4-3-5-16-18-6-7-19(13)16/h3-9H,10,17H2,1-2H3. The average molecular weight is 283 g/mol. The summed E-state index contributed by atoms with van der Waals surface area (Å²) < 4.78 is 12.8. The van der Waals surface area contributed by atoms with Crippen LogP contribution in [0.2, 0.25) is 0 Å². The van der Waals surface area contributed by atoms with Crippen LogP contribution in [0.15, 0.2) is 42.7 Å². The van der Waals surface area contributed by atoms with Gasteiger partial charge in [-0.1, -0.05) is 6.07 Å². The summed E-state index contributed by atoms with van der Waals surface area (Å²) in [6.07, 6.45) is 3.71. The molecule has 2 N–H and O–H groups in total. The molecule has 0 radical (unpaired) electrons. The third-order valence-corrected chi connectivity index (χ3v) is 3.53. The predicted octanol–water partition coefficient (Wildman–Crippen LogP) is 2.48. The molecule has 21 heavy (non-hydrogen) atoms. The Bertz CT molecular complexity index is 780. The van der Waals surface area contributed by atoms with Gasteiger partial charge in [-0.05, 0) is 29.8 Å². The lowest BCUT2D eigenvalue weighted by atomic mass is 10.0. The molecule has 0 fully saturated rings. The molecule has 0 bridgehead atoms. The number of nitrogens with zero attached hydrogens (tertiary/aromatic N) is 2. The Hall–Kier alpha value is -2.53. The molecule has 0 atom stereocenters. The Kier molecular flexibility index (Phi) is 3.50. The number of imidazole rings is 1. The van der Waals surface area contributed by atoms with E-state index in [1.54, 1.807) is 20.4 Å². The van der Waals surface area contributed by atoms with Gasteiger partial charge in [-0.3, -0.25) is 4.40 Å². The van der Waals surface area contributed by atoms with E-state index in [0.717, 1.165) is 22.5 Å². The molecule has 0 aliphatic rings. The van der Waals surface area contributed by atoms with Crippen molar-refractivity contribution in [3.05, 3.63) is 48.3 Å². The number of methoxy groups -OCH3 is 2. The number of rotatable bonds is 4. The number of hydrogen-bond donors (Lipinski definition) is 1. The van der Waals surface area contributed by atoms with E-state index < -0.39 is 0 Å². The van der Waals surface area contributed by atoms with Gasteiger partial charge < -0.3 is 15.2 Å². The molecule has 108 valence electrons. The highest BCUT2D eigenvalue weighted by Gasteiger charge is 2.14. The molecule has 0 unspecified atom stereocenters. The van der Waals surface area contributed by atoms with Crippen molar-refractivity contribution in [1.29, 1.82) is 0 Å². The zero-order valence-electron chi connectivity index (χ0n) is 12.0. The lowest BCUT2D eigenvalue weighted by Crippen LogP contribution is -2.03. The number of benzene rings is 1. The van der Waals surface area contributed by atoms with Crippen LogP contribution in [0.3, 0.4) is 0 Å². The van der Waals surface area contributed by atoms with Gasteiger partial charge in [-0.15, -0.1) is 0 Å². The number of nitrogens with two attached hydrogens (primary N) is 1. The number of pyridine rings is 1. The molecule has 2 aromatic heterocycles. The molecule has 0 saturated carbocycles. The quantitative estimate of drug-likeness (QED) is 0.799. The molecule has 5 heteroatoms. The summed E-state index contributed by atoms with van der Waals surface area (Å²) in [5.41, 5.74) is 9.82. The SMILES string of the molecule is COc1cc(CN)c(-c2cccc3nccn23)cc1OC. The Morgan fingerprint density at radius 1 is 1.14 bits per heavy atom. The molecule has 0 aliphatic heterocycles. The van der Waals surface area contributed by atoms with Crippen LogP contribution in [0, 0.1) is 0 Å². The molecule has 0 amide bonds. The fourth-order valence-electron chi connectivity index (χ4n) is 2.50. The molecule has 0 aliphatic carbocycles. The van der Waals surface area contributed by atoms with Crippen LogP contribution in [-0.2, 0) is 6.54 Å². The monoisotopic (exact) mass is 283 g/mol. The first-order valence-corrected chi connectivity index (χ1v) is 6.66. The summed E-state index contributed by atoms with van der Waals surface area (Å²) in [4.78, 5) is 4.31. The first-order chi connectivity index (χ1) is 10.3. The van der Waals surface area contributed by atoms with Crippen LogP contribution in [0.5, 0.6) is 11.5 Å². The number of hydrogen-bond acceptors (Lipinski definition) is 4. The Morgan fingerprint density at radius 2 is 1.90 bits per heavy atom. The van der Waals surface area contributed by atoms with Crippen molar-refractivity contribution < 1.29 is 9.47 Å². The van der Waals surface area contributed by atoms with E-state index in [-0.39, 0.29) is 0 Å². The number of fused-ring (bicyclic) bond motifs is 1. The molecular weight excluding hydrogens is 266 g/mol. The second-order valence-electron chi connectivity index (χ2n) is 4.63. The van der Waals surface area contributed by atoms with E-state index in [1.165, 1.54) is 0 Å². The van der Waals surface area contributed by atoms with Crippen LogP contribution >= 0.6 is 0 Å². The van der Waals surface area contributed by atoms with Crippen molar-refractivity contribution in [3.63, 3.8) is 0 Å². The second kappa shape index (κ2) is 5.46. The van der Waals surface area contributed by atoms with E-state index in [9.17, 15) is 0 Å². The van der Waals surface area contributed by atoms with Crippen LogP contribution in [0.4, 0.5) is 0 Å². The first kappa shape index (κ1) is 13.5. The molecule has 3 rings (SSSR count). The maximum atomic E-state index is 5.90. The van der Waals surface area contributed by atoms with Crippen molar-refractivity contribution in [2.24, 2.45) is 5.73 Å². The minimum Gasteiger partial charge on any atom is -0.493 e. The fraction of sp³-hybridized carbons (Fsp3) is 0.188. The van der Waals surface area contributed by atoms with E-state index in [4.69, 9.17) is 15.2 Å². The lowest BCUT2D eigenvalue weighted by molar-refractivity contribution is 0.354. The van der Waals surface area contributed by atoms with Gasteiger partial charge in [-0.25, -0.2) is 4.98 Å². The van der Waals surface area contributed by atoms with Crippen molar-refractivity contribution in [1.82, 2.24) is 9.38 Å². The Balaban J connectivity index is 2.28. The van der Waals surface area contributed by atoms with Crippen LogP contribution in [-0.4, -0.2) is 23.6 Å². The zero-order valence-corrected chi connectivity index (χ0v) is 12.0. The smallest absolute Gasteiger partial charge is 0.161 e. The minimum absolute atomic E-state index is 0.417. The molecule has 3 aromatic rings. The summed E-state index contributed by atoms with van der Waals surface area (Å²) in [5.74, 6) is 1.36. The number of aromatic nitrogens is 2. The number of ether oxygens (including phenoxy) is 2. The maximum absolute atomic E-state index is 5.90. The second-order valence-corrected chi connectivity index (χ2v) is 4.63. The van der Waals surface area contributed by atoms with Gasteiger partial charge in [0, 0.05) is 24.5 Å². The van der Waals surface area contributed by atoms with Crippen molar-refractivity contribution in [3.8, 4) is 22.8 Å². The third kappa shape index (κ3) is 2.21. The molecule has 0 spiro atoms. The Labute approximate surface area is 122 Å². The highest BCUT2D eigenvalue weighted by molar-refractivity contribution is 5.71. The van der Waals surface area contributed by atoms with Gasteiger partial charge in [0.25, 0.3) is 0 Å². The largest absolute Gasteiger partial charge is 0.493 e. The molecular formula is C16H17N3O2.